The monoisotopic (exact) mass is 739 g/mol. The zero-order valence-corrected chi connectivity index (χ0v) is 31.3. The third-order valence-electron chi connectivity index (χ3n) is 12.2. The molecule has 13 aromatic rings. The lowest BCUT2D eigenvalue weighted by Gasteiger charge is -2.13. The maximum Gasteiger partial charge on any atom is 0.140 e. The van der Waals surface area contributed by atoms with Crippen LogP contribution in [0.5, 0.6) is 0 Å². The van der Waals surface area contributed by atoms with Gasteiger partial charge in [0.25, 0.3) is 0 Å². The largest absolute Gasteiger partial charge is 0.309 e. The van der Waals surface area contributed by atoms with Crippen LogP contribution in [-0.2, 0) is 0 Å². The van der Waals surface area contributed by atoms with Crippen LogP contribution in [0.25, 0.3) is 110 Å². The Morgan fingerprint density at radius 2 is 0.517 bits per heavy atom. The van der Waals surface area contributed by atoms with Crippen molar-refractivity contribution >= 4 is 87.2 Å². The van der Waals surface area contributed by atoms with E-state index < -0.39 is 0 Å². The highest BCUT2D eigenvalue weighted by molar-refractivity contribution is 6.19. The van der Waals surface area contributed by atoms with Crippen LogP contribution in [0.4, 0.5) is 0 Å². The Bertz CT molecular complexity index is 3460. The van der Waals surface area contributed by atoms with Crippen LogP contribution in [0.3, 0.4) is 0 Å². The minimum absolute atomic E-state index is 0.882. The van der Waals surface area contributed by atoms with Crippen LogP contribution < -0.4 is 0 Å². The molecule has 270 valence electrons. The normalized spacial score (nSPS) is 12.1. The molecule has 0 fully saturated rings. The summed E-state index contributed by atoms with van der Waals surface area (Å²) < 4.78 is 9.47. The zero-order valence-electron chi connectivity index (χ0n) is 31.3. The highest BCUT2D eigenvalue weighted by Crippen LogP contribution is 2.41. The topological polar surface area (TPSA) is 32.6 Å². The van der Waals surface area contributed by atoms with E-state index in [9.17, 15) is 0 Å². The molecule has 0 amide bonds. The molecule has 58 heavy (non-hydrogen) atoms. The number of fused-ring (bicyclic) bond motifs is 12. The molecule has 0 saturated carbocycles. The number of hydrogen-bond donors (Lipinski definition) is 0. The average molecular weight is 740 g/mol. The minimum atomic E-state index is 0.882. The fourth-order valence-corrected chi connectivity index (χ4v) is 9.76. The van der Waals surface area contributed by atoms with Crippen molar-refractivity contribution in [3.8, 4) is 23.0 Å². The van der Waals surface area contributed by atoms with Gasteiger partial charge in [-0.15, -0.1) is 0 Å². The number of aromatic nitrogens is 5. The van der Waals surface area contributed by atoms with E-state index in [0.717, 1.165) is 45.1 Å². The van der Waals surface area contributed by atoms with Crippen molar-refractivity contribution in [3.63, 3.8) is 0 Å². The van der Waals surface area contributed by atoms with E-state index in [1.54, 1.807) is 0 Å². The second-order valence-electron chi connectivity index (χ2n) is 15.2. The Kier molecular flexibility index (Phi) is 6.38. The fourth-order valence-electron chi connectivity index (χ4n) is 9.76. The molecule has 8 aromatic carbocycles. The standard InChI is InChI=1S/C53H33N5/c1-7-23-44-36(17-1)37-18-2-8-24-45(37)55(44)34-15-13-16-35(31-34)56-46-25-9-5-21-40(46)42-33-51-43(32-50(42)56)41-22-6-12-28-49(41)58(51)53-30-14-29-52(54-53)57-47-26-10-3-19-38(47)39-20-4-11-27-48(39)57/h1-33H. The van der Waals surface area contributed by atoms with E-state index in [-0.39, 0.29) is 0 Å². The van der Waals surface area contributed by atoms with Crippen LogP contribution >= 0.6 is 0 Å². The fraction of sp³-hybridized carbons (Fsp3) is 0. The van der Waals surface area contributed by atoms with Gasteiger partial charge in [0.15, 0.2) is 0 Å². The lowest BCUT2D eigenvalue weighted by Crippen LogP contribution is -2.03. The van der Waals surface area contributed by atoms with Gasteiger partial charge >= 0.3 is 0 Å². The SMILES string of the molecule is c1cc(-n2c3ccccc3c3ccccc32)cc(-n2c3ccccc3c3cc4c(cc32)c2ccccc2n4-c2cccc(-n3c4ccccc4c4ccccc43)n2)c1. The number of rotatable bonds is 4. The van der Waals surface area contributed by atoms with Gasteiger partial charge in [-0.05, 0) is 78.9 Å². The van der Waals surface area contributed by atoms with Crippen LogP contribution in [0.1, 0.15) is 0 Å². The van der Waals surface area contributed by atoms with Crippen LogP contribution in [-0.4, -0.2) is 23.3 Å². The van der Waals surface area contributed by atoms with Gasteiger partial charge in [-0.2, -0.15) is 0 Å². The molecular weight excluding hydrogens is 707 g/mol. The summed E-state index contributed by atoms with van der Waals surface area (Å²) in [5.74, 6) is 1.77. The van der Waals surface area contributed by atoms with E-state index in [1.165, 1.54) is 65.2 Å². The summed E-state index contributed by atoms with van der Waals surface area (Å²) in [5, 5.41) is 9.76. The van der Waals surface area contributed by atoms with E-state index in [0.29, 0.717) is 0 Å². The molecule has 0 saturated heterocycles. The van der Waals surface area contributed by atoms with Gasteiger partial charge in [-0.25, -0.2) is 4.98 Å². The molecule has 0 atom stereocenters. The molecule has 0 spiro atoms. The predicted octanol–water partition coefficient (Wildman–Crippen LogP) is 13.5. The first-order valence-electron chi connectivity index (χ1n) is 19.8. The number of para-hydroxylation sites is 6. The van der Waals surface area contributed by atoms with Crippen LogP contribution in [0, 0.1) is 0 Å². The van der Waals surface area contributed by atoms with Gasteiger partial charge in [0.1, 0.15) is 11.6 Å². The predicted molar refractivity (Wildman–Crippen MR) is 242 cm³/mol. The van der Waals surface area contributed by atoms with Crippen molar-refractivity contribution in [2.45, 2.75) is 0 Å². The van der Waals surface area contributed by atoms with E-state index in [1.807, 2.05) is 0 Å². The molecule has 0 N–H and O–H groups in total. The highest BCUT2D eigenvalue weighted by Gasteiger charge is 2.21. The van der Waals surface area contributed by atoms with E-state index in [2.05, 4.69) is 218 Å². The Hall–Kier alpha value is -7.89. The highest BCUT2D eigenvalue weighted by atomic mass is 15.1. The number of pyridine rings is 1. The lowest BCUT2D eigenvalue weighted by molar-refractivity contribution is 1.01. The molecule has 5 heteroatoms. The first-order chi connectivity index (χ1) is 28.8. The summed E-state index contributed by atoms with van der Waals surface area (Å²) in [6, 6.07) is 72.3. The Morgan fingerprint density at radius 1 is 0.224 bits per heavy atom. The van der Waals surface area contributed by atoms with Crippen molar-refractivity contribution in [2.75, 3.05) is 0 Å². The van der Waals surface area contributed by atoms with Gasteiger partial charge in [0.05, 0.1) is 44.1 Å². The third kappa shape index (κ3) is 4.27. The number of hydrogen-bond acceptors (Lipinski definition) is 1. The summed E-state index contributed by atoms with van der Waals surface area (Å²) in [4.78, 5) is 5.45. The van der Waals surface area contributed by atoms with Gasteiger partial charge < -0.3 is 9.13 Å². The smallest absolute Gasteiger partial charge is 0.140 e. The molecule has 5 heterocycles. The Balaban J connectivity index is 1.05. The molecular formula is C53H33N5. The summed E-state index contributed by atoms with van der Waals surface area (Å²) >= 11 is 0. The molecule has 13 rings (SSSR count). The summed E-state index contributed by atoms with van der Waals surface area (Å²) in [7, 11) is 0. The summed E-state index contributed by atoms with van der Waals surface area (Å²) in [5.41, 5.74) is 11.5. The summed E-state index contributed by atoms with van der Waals surface area (Å²) in [6.07, 6.45) is 0. The zero-order chi connectivity index (χ0) is 37.9. The Morgan fingerprint density at radius 3 is 0.931 bits per heavy atom. The first-order valence-corrected chi connectivity index (χ1v) is 19.8. The second-order valence-corrected chi connectivity index (χ2v) is 15.2. The van der Waals surface area contributed by atoms with Crippen molar-refractivity contribution in [1.82, 2.24) is 23.3 Å². The number of benzene rings is 8. The van der Waals surface area contributed by atoms with Gasteiger partial charge in [0, 0.05) is 54.5 Å². The third-order valence-corrected chi connectivity index (χ3v) is 12.2. The molecule has 0 unspecified atom stereocenters. The van der Waals surface area contributed by atoms with E-state index >= 15 is 0 Å². The molecule has 0 bridgehead atoms. The van der Waals surface area contributed by atoms with Gasteiger partial charge in [-0.3, -0.25) is 9.13 Å². The molecule has 0 aliphatic heterocycles. The van der Waals surface area contributed by atoms with Gasteiger partial charge in [0.2, 0.25) is 0 Å². The van der Waals surface area contributed by atoms with Crippen molar-refractivity contribution in [3.05, 3.63) is 200 Å². The molecule has 0 aliphatic carbocycles. The van der Waals surface area contributed by atoms with Crippen LogP contribution in [0.15, 0.2) is 200 Å². The maximum atomic E-state index is 5.45. The Labute approximate surface area is 332 Å². The lowest BCUT2D eigenvalue weighted by atomic mass is 10.1. The maximum absolute atomic E-state index is 5.45. The molecule has 5 aromatic heterocycles. The quantitative estimate of drug-likeness (QED) is 0.177. The molecule has 0 aliphatic rings. The van der Waals surface area contributed by atoms with E-state index in [4.69, 9.17) is 4.98 Å². The van der Waals surface area contributed by atoms with Crippen molar-refractivity contribution in [2.24, 2.45) is 0 Å². The second kappa shape index (κ2) is 11.8. The van der Waals surface area contributed by atoms with Crippen LogP contribution in [0.2, 0.25) is 0 Å². The summed E-state index contributed by atoms with van der Waals surface area (Å²) in [6.45, 7) is 0. The average Bonchev–Trinajstić information content (AvgIpc) is 4.01. The molecule has 5 nitrogen and oxygen atoms in total. The van der Waals surface area contributed by atoms with Gasteiger partial charge in [-0.1, -0.05) is 121 Å². The first kappa shape index (κ1) is 31.3. The minimum Gasteiger partial charge on any atom is -0.309 e. The molecule has 0 radical (unpaired) electrons. The van der Waals surface area contributed by atoms with Crippen molar-refractivity contribution < 1.29 is 0 Å². The van der Waals surface area contributed by atoms with Crippen molar-refractivity contribution in [1.29, 1.82) is 0 Å². The number of nitrogens with zero attached hydrogens (tertiary/aromatic N) is 5.